The summed E-state index contributed by atoms with van der Waals surface area (Å²) < 4.78 is 0. The van der Waals surface area contributed by atoms with Crippen molar-refractivity contribution in [3.05, 3.63) is 47.2 Å². The number of hydrogen-bond donors (Lipinski definition) is 3. The molecule has 0 spiro atoms. The van der Waals surface area contributed by atoms with Crippen LogP contribution in [0.4, 0.5) is 17.5 Å². The van der Waals surface area contributed by atoms with Crippen LogP contribution in [0.2, 0.25) is 5.02 Å². The maximum atomic E-state index is 10.4. The molecule has 9 nitrogen and oxygen atoms in total. The van der Waals surface area contributed by atoms with Crippen molar-refractivity contribution in [1.29, 1.82) is 0 Å². The Morgan fingerprint density at radius 2 is 1.88 bits per heavy atom. The molecule has 1 atom stereocenters. The minimum absolute atomic E-state index is 0.0219. The lowest BCUT2D eigenvalue weighted by atomic mass is 9.92. The van der Waals surface area contributed by atoms with Crippen molar-refractivity contribution in [2.75, 3.05) is 54.4 Å². The number of hydrogen-bond acceptors (Lipinski definition) is 9. The van der Waals surface area contributed by atoms with Gasteiger partial charge in [0.1, 0.15) is 5.75 Å². The maximum absolute atomic E-state index is 10.4. The highest BCUT2D eigenvalue weighted by Crippen LogP contribution is 2.38. The lowest BCUT2D eigenvalue weighted by Crippen LogP contribution is -2.58. The third kappa shape index (κ3) is 3.88. The number of piperazine rings is 1. The summed E-state index contributed by atoms with van der Waals surface area (Å²) in [5.41, 5.74) is 3.40. The van der Waals surface area contributed by atoms with Gasteiger partial charge in [0, 0.05) is 44.1 Å². The number of piperidine rings is 1. The number of nitrogens with zero attached hydrogens (tertiary/aromatic N) is 6. The Balaban J connectivity index is 1.20. The molecule has 0 aliphatic carbocycles. The SMILES string of the molecule is Oc1c(Cl)cccc1-c1cc2c(nn1)NC[C@H]1CN(c3ncc(C4CCNCC4)cn3)CCN21. The van der Waals surface area contributed by atoms with Crippen molar-refractivity contribution in [3.63, 3.8) is 0 Å². The molecule has 0 amide bonds. The van der Waals surface area contributed by atoms with Crippen LogP contribution in [-0.4, -0.2) is 70.6 Å². The molecule has 1 aromatic carbocycles. The number of phenolic OH excluding ortho intramolecular Hbond substituents is 1. The van der Waals surface area contributed by atoms with Gasteiger partial charge in [0.15, 0.2) is 5.82 Å². The van der Waals surface area contributed by atoms with Gasteiger partial charge < -0.3 is 25.5 Å². The van der Waals surface area contributed by atoms with Crippen molar-refractivity contribution >= 4 is 29.1 Å². The molecule has 34 heavy (non-hydrogen) atoms. The van der Waals surface area contributed by atoms with E-state index in [9.17, 15) is 5.11 Å². The first-order valence-corrected chi connectivity index (χ1v) is 12.2. The molecule has 2 aromatic heterocycles. The van der Waals surface area contributed by atoms with Gasteiger partial charge in [-0.15, -0.1) is 10.2 Å². The largest absolute Gasteiger partial charge is 0.506 e. The van der Waals surface area contributed by atoms with E-state index in [2.05, 4.69) is 30.6 Å². The van der Waals surface area contributed by atoms with Crippen LogP contribution >= 0.6 is 11.6 Å². The van der Waals surface area contributed by atoms with E-state index in [-0.39, 0.29) is 11.8 Å². The van der Waals surface area contributed by atoms with Crippen LogP contribution in [0.1, 0.15) is 24.3 Å². The van der Waals surface area contributed by atoms with Gasteiger partial charge in [-0.2, -0.15) is 0 Å². The zero-order valence-electron chi connectivity index (χ0n) is 18.8. The lowest BCUT2D eigenvalue weighted by Gasteiger charge is -2.45. The molecule has 2 saturated heterocycles. The van der Waals surface area contributed by atoms with Crippen LogP contribution in [0.3, 0.4) is 0 Å². The van der Waals surface area contributed by atoms with Crippen molar-refractivity contribution in [1.82, 2.24) is 25.5 Å². The van der Waals surface area contributed by atoms with E-state index in [0.29, 0.717) is 22.2 Å². The number of aromatic nitrogens is 4. The highest BCUT2D eigenvalue weighted by molar-refractivity contribution is 6.32. The van der Waals surface area contributed by atoms with Crippen molar-refractivity contribution in [2.24, 2.45) is 0 Å². The predicted octanol–water partition coefficient (Wildman–Crippen LogP) is 2.88. The van der Waals surface area contributed by atoms with E-state index < -0.39 is 0 Å². The molecular weight excluding hydrogens is 452 g/mol. The van der Waals surface area contributed by atoms with E-state index >= 15 is 0 Å². The lowest BCUT2D eigenvalue weighted by molar-refractivity contribution is 0.458. The molecule has 0 unspecified atom stereocenters. The molecule has 3 N–H and O–H groups in total. The van der Waals surface area contributed by atoms with Gasteiger partial charge in [0.05, 0.1) is 22.4 Å². The number of halogens is 1. The molecule has 3 aromatic rings. The first-order valence-electron chi connectivity index (χ1n) is 11.8. The number of nitrogens with one attached hydrogen (secondary N) is 2. The zero-order chi connectivity index (χ0) is 23.1. The minimum atomic E-state index is 0.0219. The van der Waals surface area contributed by atoms with Gasteiger partial charge in [0.2, 0.25) is 5.95 Å². The molecule has 176 valence electrons. The summed E-state index contributed by atoms with van der Waals surface area (Å²) in [6, 6.07) is 7.48. The predicted molar refractivity (Wildman–Crippen MR) is 133 cm³/mol. The van der Waals surface area contributed by atoms with Crippen LogP contribution in [-0.2, 0) is 0 Å². The fraction of sp³-hybridized carbons (Fsp3) is 0.417. The maximum Gasteiger partial charge on any atom is 0.225 e. The molecule has 10 heteroatoms. The Labute approximate surface area is 203 Å². The topological polar surface area (TPSA) is 102 Å². The number of para-hydroxylation sites is 1. The fourth-order valence-corrected chi connectivity index (χ4v) is 5.36. The van der Waals surface area contributed by atoms with Gasteiger partial charge >= 0.3 is 0 Å². The van der Waals surface area contributed by atoms with Crippen LogP contribution < -0.4 is 20.4 Å². The van der Waals surface area contributed by atoms with Crippen LogP contribution in [0.15, 0.2) is 36.7 Å². The zero-order valence-corrected chi connectivity index (χ0v) is 19.5. The van der Waals surface area contributed by atoms with E-state index in [1.165, 1.54) is 5.56 Å². The first-order chi connectivity index (χ1) is 16.7. The Hall–Kier alpha value is -3.17. The number of fused-ring (bicyclic) bond motifs is 3. The van der Waals surface area contributed by atoms with Crippen LogP contribution in [0.25, 0.3) is 11.3 Å². The molecule has 0 bridgehead atoms. The first kappa shape index (κ1) is 21.4. The second-order valence-electron chi connectivity index (χ2n) is 9.11. The summed E-state index contributed by atoms with van der Waals surface area (Å²) in [5, 5.41) is 26.2. The van der Waals surface area contributed by atoms with E-state index in [0.717, 1.165) is 69.6 Å². The highest BCUT2D eigenvalue weighted by atomic mass is 35.5. The number of aromatic hydroxyl groups is 1. The standard InChI is InChI=1S/C24H27ClN8O/c25-19-3-1-2-18(22(19)34)20-10-21-23(31-30-20)27-13-17-14-32(8-9-33(17)21)24-28-11-16(12-29-24)15-4-6-26-7-5-15/h1-3,10-12,15,17,26,34H,4-9,13-14H2,(H,27,31)/t17-/m0/s1. The molecule has 3 aliphatic rings. The van der Waals surface area contributed by atoms with Gasteiger partial charge in [0.25, 0.3) is 0 Å². The summed E-state index contributed by atoms with van der Waals surface area (Å²) in [7, 11) is 0. The monoisotopic (exact) mass is 478 g/mol. The van der Waals surface area contributed by atoms with E-state index in [1.807, 2.05) is 18.5 Å². The molecule has 0 radical (unpaired) electrons. The summed E-state index contributed by atoms with van der Waals surface area (Å²) in [6.45, 7) is 5.36. The average molecular weight is 479 g/mol. The summed E-state index contributed by atoms with van der Waals surface area (Å²) in [6.07, 6.45) is 6.32. The molecule has 0 saturated carbocycles. The van der Waals surface area contributed by atoms with Crippen LogP contribution in [0, 0.1) is 0 Å². The van der Waals surface area contributed by atoms with Gasteiger partial charge in [-0.25, -0.2) is 9.97 Å². The summed E-state index contributed by atoms with van der Waals surface area (Å²) in [5.74, 6) is 2.13. The molecule has 2 fully saturated rings. The number of rotatable bonds is 3. The number of phenols is 1. The summed E-state index contributed by atoms with van der Waals surface area (Å²) in [4.78, 5) is 14.1. The third-order valence-electron chi connectivity index (χ3n) is 7.09. The summed E-state index contributed by atoms with van der Waals surface area (Å²) >= 11 is 6.10. The van der Waals surface area contributed by atoms with Gasteiger partial charge in [-0.3, -0.25) is 0 Å². The molecule has 3 aliphatic heterocycles. The Morgan fingerprint density at radius 1 is 1.06 bits per heavy atom. The van der Waals surface area contributed by atoms with Crippen molar-refractivity contribution < 1.29 is 5.11 Å². The second kappa shape index (κ2) is 8.88. The molecular formula is C24H27ClN8O. The smallest absolute Gasteiger partial charge is 0.225 e. The fourth-order valence-electron chi connectivity index (χ4n) is 5.18. The van der Waals surface area contributed by atoms with Gasteiger partial charge in [-0.1, -0.05) is 17.7 Å². The third-order valence-corrected chi connectivity index (χ3v) is 7.39. The normalized spacial score (nSPS) is 20.4. The Morgan fingerprint density at radius 3 is 2.71 bits per heavy atom. The average Bonchev–Trinajstić information content (AvgIpc) is 2.90. The van der Waals surface area contributed by atoms with Crippen molar-refractivity contribution in [3.8, 4) is 17.0 Å². The highest BCUT2D eigenvalue weighted by Gasteiger charge is 2.34. The van der Waals surface area contributed by atoms with E-state index in [1.54, 1.807) is 18.2 Å². The second-order valence-corrected chi connectivity index (χ2v) is 9.52. The van der Waals surface area contributed by atoms with Crippen LogP contribution in [0.5, 0.6) is 5.75 Å². The minimum Gasteiger partial charge on any atom is -0.506 e. The Kier molecular flexibility index (Phi) is 5.58. The quantitative estimate of drug-likeness (QED) is 0.524. The molecule has 5 heterocycles. The number of anilines is 3. The Bertz CT molecular complexity index is 1180. The van der Waals surface area contributed by atoms with E-state index in [4.69, 9.17) is 21.6 Å². The van der Waals surface area contributed by atoms with Crippen molar-refractivity contribution in [2.45, 2.75) is 24.8 Å². The molecule has 6 rings (SSSR count). The van der Waals surface area contributed by atoms with Gasteiger partial charge in [-0.05, 0) is 55.6 Å². The number of benzene rings is 1.